The van der Waals surface area contributed by atoms with Crippen LogP contribution in [0.5, 0.6) is 11.5 Å². The van der Waals surface area contributed by atoms with Crippen molar-refractivity contribution < 1.29 is 28.6 Å². The number of esters is 1. The van der Waals surface area contributed by atoms with Gasteiger partial charge in [0.2, 0.25) is 5.91 Å². The number of rotatable bonds is 6. The topological polar surface area (TPSA) is 103 Å². The zero-order valence-corrected chi connectivity index (χ0v) is 19.6. The van der Waals surface area contributed by atoms with Gasteiger partial charge in [0.1, 0.15) is 17.6 Å². The molecule has 1 heterocycles. The predicted octanol–water partition coefficient (Wildman–Crippen LogP) is 3.47. The molecule has 172 valence electrons. The fourth-order valence-corrected chi connectivity index (χ4v) is 6.40. The molecule has 6 atom stereocenters. The third-order valence-electron chi connectivity index (χ3n) is 6.90. The van der Waals surface area contributed by atoms with Crippen molar-refractivity contribution in [2.45, 2.75) is 17.4 Å². The first-order valence-corrected chi connectivity index (χ1v) is 11.6. The third-order valence-corrected chi connectivity index (χ3v) is 8.10. The average molecular weight is 515 g/mol. The Labute approximate surface area is 199 Å². The molecular formula is C24H23BrN2O6. The minimum absolute atomic E-state index is 0.0157. The SMILES string of the molecule is COc1ccc(NC(=O)c2ccc(NC(=O)[C@@H]3[C@H]4C[C@H]5[C@H](OC(=O)[C@@H]53)[C@@H]4Br)cc2)c(OC)c1. The number of hydrogen-bond acceptors (Lipinski definition) is 6. The summed E-state index contributed by atoms with van der Waals surface area (Å²) in [7, 11) is 3.07. The first kappa shape index (κ1) is 21.8. The lowest BCUT2D eigenvalue weighted by molar-refractivity contribution is -0.145. The number of nitrogens with one attached hydrogen (secondary N) is 2. The van der Waals surface area contributed by atoms with Gasteiger partial charge in [-0.25, -0.2) is 0 Å². The molecule has 2 aromatic carbocycles. The van der Waals surface area contributed by atoms with Gasteiger partial charge in [0.25, 0.3) is 5.91 Å². The van der Waals surface area contributed by atoms with E-state index in [1.54, 1.807) is 49.6 Å². The Morgan fingerprint density at radius 1 is 1.03 bits per heavy atom. The molecular weight excluding hydrogens is 492 g/mol. The Kier molecular flexibility index (Phi) is 5.52. The lowest BCUT2D eigenvalue weighted by atomic mass is 9.79. The molecule has 2 aromatic rings. The Morgan fingerprint density at radius 3 is 2.48 bits per heavy atom. The quantitative estimate of drug-likeness (QED) is 0.451. The standard InChI is InChI=1S/C24H23BrN2O6/c1-31-13-7-8-16(17(9-13)32-2)27-22(28)11-3-5-12(6-4-11)26-23(29)18-14-10-15-19(18)24(30)33-21(15)20(14)25/h3-9,14-15,18-21H,10H2,1-2H3,(H,26,29)(H,27,28)/t14-,15-,18-,19+,20-,21+/m1/s1. The van der Waals surface area contributed by atoms with Crippen LogP contribution in [0.15, 0.2) is 42.5 Å². The van der Waals surface area contributed by atoms with Crippen molar-refractivity contribution in [1.82, 2.24) is 0 Å². The van der Waals surface area contributed by atoms with E-state index in [0.29, 0.717) is 28.4 Å². The molecule has 8 nitrogen and oxygen atoms in total. The summed E-state index contributed by atoms with van der Waals surface area (Å²) < 4.78 is 16.0. The van der Waals surface area contributed by atoms with Crippen molar-refractivity contribution in [1.29, 1.82) is 0 Å². The molecule has 0 aromatic heterocycles. The van der Waals surface area contributed by atoms with Gasteiger partial charge in [0.15, 0.2) is 0 Å². The second-order valence-electron chi connectivity index (χ2n) is 8.55. The molecule has 2 aliphatic carbocycles. The molecule has 0 spiro atoms. The van der Waals surface area contributed by atoms with Gasteiger partial charge in [-0.1, -0.05) is 15.9 Å². The lowest BCUT2D eigenvalue weighted by Gasteiger charge is -2.27. The van der Waals surface area contributed by atoms with Crippen LogP contribution in [0.25, 0.3) is 0 Å². The molecule has 2 saturated carbocycles. The minimum Gasteiger partial charge on any atom is -0.497 e. The molecule has 2 N–H and O–H groups in total. The second kappa shape index (κ2) is 8.37. The summed E-state index contributed by atoms with van der Waals surface area (Å²) in [6.45, 7) is 0. The van der Waals surface area contributed by atoms with Crippen LogP contribution in [0.1, 0.15) is 16.8 Å². The van der Waals surface area contributed by atoms with Crippen molar-refractivity contribution in [2.24, 2.45) is 23.7 Å². The summed E-state index contributed by atoms with van der Waals surface area (Å²) in [5, 5.41) is 5.72. The number of carbonyl (C=O) groups is 3. The van der Waals surface area contributed by atoms with Gasteiger partial charge in [0.05, 0.1) is 36.6 Å². The van der Waals surface area contributed by atoms with Gasteiger partial charge in [0, 0.05) is 23.2 Å². The van der Waals surface area contributed by atoms with Crippen LogP contribution < -0.4 is 20.1 Å². The molecule has 5 rings (SSSR count). The average Bonchev–Trinajstić information content (AvgIpc) is 3.44. The third kappa shape index (κ3) is 3.64. The van der Waals surface area contributed by atoms with Crippen LogP contribution in [0.3, 0.4) is 0 Å². The normalized spacial score (nSPS) is 28.9. The maximum atomic E-state index is 13.0. The van der Waals surface area contributed by atoms with Crippen LogP contribution in [-0.2, 0) is 14.3 Å². The largest absolute Gasteiger partial charge is 0.497 e. The van der Waals surface area contributed by atoms with E-state index in [1.807, 2.05) is 0 Å². The highest BCUT2D eigenvalue weighted by Crippen LogP contribution is 2.60. The Balaban J connectivity index is 1.25. The van der Waals surface area contributed by atoms with Crippen LogP contribution in [0.4, 0.5) is 11.4 Å². The highest BCUT2D eigenvalue weighted by molar-refractivity contribution is 9.09. The molecule has 0 unspecified atom stereocenters. The van der Waals surface area contributed by atoms with E-state index >= 15 is 0 Å². The molecule has 2 bridgehead atoms. The monoisotopic (exact) mass is 514 g/mol. The number of anilines is 2. The summed E-state index contributed by atoms with van der Waals surface area (Å²) in [5.41, 5.74) is 1.51. The number of benzene rings is 2. The fraction of sp³-hybridized carbons (Fsp3) is 0.375. The van der Waals surface area contributed by atoms with Gasteiger partial charge in [-0.2, -0.15) is 0 Å². The number of carbonyl (C=O) groups excluding carboxylic acids is 3. The number of halogens is 1. The Hall–Kier alpha value is -3.07. The smallest absolute Gasteiger partial charge is 0.310 e. The maximum absolute atomic E-state index is 13.0. The van der Waals surface area contributed by atoms with E-state index in [1.165, 1.54) is 7.11 Å². The van der Waals surface area contributed by atoms with Crippen molar-refractivity contribution in [3.05, 3.63) is 48.0 Å². The maximum Gasteiger partial charge on any atom is 0.310 e. The Morgan fingerprint density at radius 2 is 1.79 bits per heavy atom. The van der Waals surface area contributed by atoms with E-state index < -0.39 is 5.92 Å². The van der Waals surface area contributed by atoms with Crippen molar-refractivity contribution in [2.75, 3.05) is 24.9 Å². The van der Waals surface area contributed by atoms with E-state index in [2.05, 4.69) is 26.6 Å². The van der Waals surface area contributed by atoms with E-state index in [9.17, 15) is 14.4 Å². The first-order valence-electron chi connectivity index (χ1n) is 10.7. The van der Waals surface area contributed by atoms with Crippen LogP contribution in [0, 0.1) is 23.7 Å². The van der Waals surface area contributed by atoms with Crippen LogP contribution in [-0.4, -0.2) is 42.9 Å². The van der Waals surface area contributed by atoms with Gasteiger partial charge >= 0.3 is 5.97 Å². The molecule has 3 aliphatic rings. The zero-order valence-electron chi connectivity index (χ0n) is 18.0. The number of alkyl halides is 1. The van der Waals surface area contributed by atoms with Gasteiger partial charge in [-0.05, 0) is 48.7 Å². The van der Waals surface area contributed by atoms with E-state index in [4.69, 9.17) is 14.2 Å². The minimum atomic E-state index is -0.406. The number of amides is 2. The zero-order chi connectivity index (χ0) is 23.3. The highest BCUT2D eigenvalue weighted by atomic mass is 79.9. The number of methoxy groups -OCH3 is 2. The van der Waals surface area contributed by atoms with Crippen molar-refractivity contribution in [3.8, 4) is 11.5 Å². The molecule has 33 heavy (non-hydrogen) atoms. The molecule has 1 saturated heterocycles. The molecule has 0 radical (unpaired) electrons. The highest BCUT2D eigenvalue weighted by Gasteiger charge is 2.67. The summed E-state index contributed by atoms with van der Waals surface area (Å²) in [6.07, 6.45) is 0.710. The second-order valence-corrected chi connectivity index (χ2v) is 9.61. The van der Waals surface area contributed by atoms with Crippen molar-refractivity contribution >= 4 is 45.1 Å². The van der Waals surface area contributed by atoms with Crippen LogP contribution >= 0.6 is 15.9 Å². The molecule has 2 amide bonds. The Bertz CT molecular complexity index is 1120. The fourth-order valence-electron chi connectivity index (χ4n) is 5.36. The first-order chi connectivity index (χ1) is 15.9. The number of fused-ring (bicyclic) bond motifs is 1. The predicted molar refractivity (Wildman–Crippen MR) is 124 cm³/mol. The summed E-state index contributed by atoms with van der Waals surface area (Å²) in [4.78, 5) is 38.0. The van der Waals surface area contributed by atoms with Gasteiger partial charge in [-0.15, -0.1) is 0 Å². The molecule has 3 fully saturated rings. The van der Waals surface area contributed by atoms with Crippen LogP contribution in [0.2, 0.25) is 0 Å². The van der Waals surface area contributed by atoms with Gasteiger partial charge < -0.3 is 24.8 Å². The van der Waals surface area contributed by atoms with E-state index in [-0.39, 0.29) is 46.5 Å². The summed E-state index contributed by atoms with van der Waals surface area (Å²) in [6, 6.07) is 11.7. The van der Waals surface area contributed by atoms with Gasteiger partial charge in [-0.3, -0.25) is 14.4 Å². The molecule has 9 heteroatoms. The number of ether oxygens (including phenoxy) is 3. The van der Waals surface area contributed by atoms with E-state index in [0.717, 1.165) is 6.42 Å². The lowest BCUT2D eigenvalue weighted by Crippen LogP contribution is -2.40. The summed E-state index contributed by atoms with van der Waals surface area (Å²) in [5.74, 6) is -0.237. The number of hydrogen-bond donors (Lipinski definition) is 2. The summed E-state index contributed by atoms with van der Waals surface area (Å²) >= 11 is 3.62. The van der Waals surface area contributed by atoms with Crippen molar-refractivity contribution in [3.63, 3.8) is 0 Å². The molecule has 1 aliphatic heterocycles.